The van der Waals surface area contributed by atoms with Crippen LogP contribution in [0.4, 0.5) is 0 Å². The molecule has 0 aromatic heterocycles. The summed E-state index contributed by atoms with van der Waals surface area (Å²) in [5.74, 6) is 0.648. The third kappa shape index (κ3) is 2.88. The molecule has 0 unspecified atom stereocenters. The number of guanidine groups is 1. The van der Waals surface area contributed by atoms with Gasteiger partial charge in [0, 0.05) is 32.8 Å². The molecule has 0 radical (unpaired) electrons. The second kappa shape index (κ2) is 5.07. The van der Waals surface area contributed by atoms with Crippen LogP contribution in [0.1, 0.15) is 19.8 Å². The lowest BCUT2D eigenvalue weighted by Crippen LogP contribution is -2.44. The first-order chi connectivity index (χ1) is 6.25. The normalized spacial score (nSPS) is 20.3. The largest absolute Gasteiger partial charge is 0.381 e. The second-order valence-electron chi connectivity index (χ2n) is 3.29. The maximum Gasteiger partial charge on any atom is 0.191 e. The van der Waals surface area contributed by atoms with Crippen LogP contribution in [0.15, 0.2) is 4.99 Å². The average molecular weight is 185 g/mol. The minimum Gasteiger partial charge on any atom is -0.381 e. The van der Waals surface area contributed by atoms with E-state index >= 15 is 0 Å². The van der Waals surface area contributed by atoms with Gasteiger partial charge >= 0.3 is 0 Å². The standard InChI is InChI=1S/C9H19N3O/c1-3-11-9(10)12(2)8-4-6-13-7-5-8/h8H,3-7H2,1-2H3,(H2,10,11). The highest BCUT2D eigenvalue weighted by Gasteiger charge is 2.19. The molecule has 1 heterocycles. The van der Waals surface area contributed by atoms with Crippen molar-refractivity contribution in [3.8, 4) is 0 Å². The maximum atomic E-state index is 5.79. The third-order valence-corrected chi connectivity index (χ3v) is 2.42. The SMILES string of the molecule is CCN=C(N)N(C)C1CCOCC1. The molecule has 4 nitrogen and oxygen atoms in total. The minimum absolute atomic E-state index is 0.504. The number of rotatable bonds is 2. The van der Waals surface area contributed by atoms with E-state index in [1.807, 2.05) is 14.0 Å². The summed E-state index contributed by atoms with van der Waals surface area (Å²) >= 11 is 0. The predicted molar refractivity (Wildman–Crippen MR) is 53.8 cm³/mol. The number of nitrogens with zero attached hydrogens (tertiary/aromatic N) is 2. The minimum atomic E-state index is 0.504. The second-order valence-corrected chi connectivity index (χ2v) is 3.29. The van der Waals surface area contributed by atoms with Crippen molar-refractivity contribution in [2.75, 3.05) is 26.8 Å². The van der Waals surface area contributed by atoms with Crippen molar-refractivity contribution in [1.29, 1.82) is 0 Å². The molecule has 0 aliphatic carbocycles. The Bertz CT molecular complexity index is 176. The Morgan fingerprint density at radius 2 is 2.15 bits per heavy atom. The fraction of sp³-hybridized carbons (Fsp3) is 0.889. The van der Waals surface area contributed by atoms with Crippen LogP contribution in [0.25, 0.3) is 0 Å². The molecule has 2 N–H and O–H groups in total. The molecular formula is C9H19N3O. The van der Waals surface area contributed by atoms with Gasteiger partial charge in [-0.3, -0.25) is 4.99 Å². The first kappa shape index (κ1) is 10.3. The van der Waals surface area contributed by atoms with E-state index in [-0.39, 0.29) is 0 Å². The van der Waals surface area contributed by atoms with E-state index in [1.165, 1.54) is 0 Å². The van der Waals surface area contributed by atoms with Gasteiger partial charge in [0.15, 0.2) is 5.96 Å². The van der Waals surface area contributed by atoms with Crippen molar-refractivity contribution < 1.29 is 4.74 Å². The van der Waals surface area contributed by atoms with Gasteiger partial charge in [0.05, 0.1) is 0 Å². The predicted octanol–water partition coefficient (Wildman–Crippen LogP) is 0.432. The highest BCUT2D eigenvalue weighted by atomic mass is 16.5. The van der Waals surface area contributed by atoms with Crippen LogP contribution < -0.4 is 5.73 Å². The fourth-order valence-electron chi connectivity index (χ4n) is 1.53. The van der Waals surface area contributed by atoms with E-state index in [9.17, 15) is 0 Å². The highest BCUT2D eigenvalue weighted by Crippen LogP contribution is 2.12. The Hall–Kier alpha value is -0.770. The van der Waals surface area contributed by atoms with Crippen LogP contribution in [0, 0.1) is 0 Å². The Morgan fingerprint density at radius 1 is 1.54 bits per heavy atom. The van der Waals surface area contributed by atoms with Crippen molar-refractivity contribution in [2.45, 2.75) is 25.8 Å². The van der Waals surface area contributed by atoms with E-state index in [0.717, 1.165) is 32.6 Å². The molecular weight excluding hydrogens is 166 g/mol. The molecule has 1 fully saturated rings. The molecule has 0 spiro atoms. The average Bonchev–Trinajstić information content (AvgIpc) is 2.18. The van der Waals surface area contributed by atoms with E-state index in [2.05, 4.69) is 9.89 Å². The summed E-state index contributed by atoms with van der Waals surface area (Å²) in [5, 5.41) is 0. The Morgan fingerprint density at radius 3 is 2.69 bits per heavy atom. The van der Waals surface area contributed by atoms with Crippen LogP contribution in [-0.2, 0) is 4.74 Å². The molecule has 0 aromatic rings. The van der Waals surface area contributed by atoms with Gasteiger partial charge in [-0.1, -0.05) is 0 Å². The van der Waals surface area contributed by atoms with Crippen molar-refractivity contribution in [2.24, 2.45) is 10.7 Å². The van der Waals surface area contributed by atoms with Crippen LogP contribution in [0.5, 0.6) is 0 Å². The van der Waals surface area contributed by atoms with E-state index in [1.54, 1.807) is 0 Å². The molecule has 1 aliphatic heterocycles. The van der Waals surface area contributed by atoms with Gasteiger partial charge in [-0.2, -0.15) is 0 Å². The van der Waals surface area contributed by atoms with Crippen LogP contribution in [0.3, 0.4) is 0 Å². The summed E-state index contributed by atoms with van der Waals surface area (Å²) in [6, 6.07) is 0.504. The van der Waals surface area contributed by atoms with Crippen molar-refractivity contribution in [3.05, 3.63) is 0 Å². The van der Waals surface area contributed by atoms with E-state index < -0.39 is 0 Å². The highest BCUT2D eigenvalue weighted by molar-refractivity contribution is 5.78. The number of nitrogens with two attached hydrogens (primary N) is 1. The summed E-state index contributed by atoms with van der Waals surface area (Å²) in [4.78, 5) is 6.24. The fourth-order valence-corrected chi connectivity index (χ4v) is 1.53. The summed E-state index contributed by atoms with van der Waals surface area (Å²) < 4.78 is 5.28. The lowest BCUT2D eigenvalue weighted by Gasteiger charge is -2.31. The molecule has 13 heavy (non-hydrogen) atoms. The number of hydrogen-bond donors (Lipinski definition) is 1. The lowest BCUT2D eigenvalue weighted by atomic mass is 10.1. The Kier molecular flexibility index (Phi) is 4.02. The molecule has 0 aromatic carbocycles. The van der Waals surface area contributed by atoms with Crippen molar-refractivity contribution in [1.82, 2.24) is 4.90 Å². The van der Waals surface area contributed by atoms with Crippen LogP contribution in [0.2, 0.25) is 0 Å². The summed E-state index contributed by atoms with van der Waals surface area (Å²) in [5.41, 5.74) is 5.79. The van der Waals surface area contributed by atoms with Gasteiger partial charge in [-0.15, -0.1) is 0 Å². The zero-order valence-corrected chi connectivity index (χ0v) is 8.49. The topological polar surface area (TPSA) is 50.8 Å². The van der Waals surface area contributed by atoms with Gasteiger partial charge in [-0.05, 0) is 19.8 Å². The number of aliphatic imine (C=N–C) groups is 1. The van der Waals surface area contributed by atoms with Gasteiger partial charge < -0.3 is 15.4 Å². The quantitative estimate of drug-likeness (QED) is 0.501. The first-order valence-electron chi connectivity index (χ1n) is 4.86. The first-order valence-corrected chi connectivity index (χ1v) is 4.86. The van der Waals surface area contributed by atoms with Gasteiger partial charge in [0.25, 0.3) is 0 Å². The monoisotopic (exact) mass is 185 g/mol. The molecule has 0 atom stereocenters. The van der Waals surface area contributed by atoms with Crippen LogP contribution in [-0.4, -0.2) is 43.7 Å². The summed E-state index contributed by atoms with van der Waals surface area (Å²) in [6.07, 6.45) is 2.10. The molecule has 1 aliphatic rings. The van der Waals surface area contributed by atoms with Crippen molar-refractivity contribution >= 4 is 5.96 Å². The van der Waals surface area contributed by atoms with Crippen molar-refractivity contribution in [3.63, 3.8) is 0 Å². The van der Waals surface area contributed by atoms with Crippen LogP contribution >= 0.6 is 0 Å². The molecule has 76 valence electrons. The van der Waals surface area contributed by atoms with E-state index in [0.29, 0.717) is 12.0 Å². The lowest BCUT2D eigenvalue weighted by molar-refractivity contribution is 0.0602. The molecule has 0 amide bonds. The number of ether oxygens (including phenoxy) is 1. The third-order valence-electron chi connectivity index (χ3n) is 2.42. The zero-order valence-electron chi connectivity index (χ0n) is 8.49. The molecule has 0 bridgehead atoms. The summed E-state index contributed by atoms with van der Waals surface area (Å²) in [7, 11) is 2.00. The maximum absolute atomic E-state index is 5.79. The number of hydrogen-bond acceptors (Lipinski definition) is 2. The van der Waals surface area contributed by atoms with Gasteiger partial charge in [0.1, 0.15) is 0 Å². The Balaban J connectivity index is 2.44. The van der Waals surface area contributed by atoms with Gasteiger partial charge in [-0.25, -0.2) is 0 Å². The molecule has 0 saturated carbocycles. The molecule has 1 saturated heterocycles. The zero-order chi connectivity index (χ0) is 9.68. The summed E-state index contributed by atoms with van der Waals surface area (Å²) in [6.45, 7) is 4.42. The molecule has 4 heteroatoms. The van der Waals surface area contributed by atoms with Gasteiger partial charge in [0.2, 0.25) is 0 Å². The Labute approximate surface area is 79.8 Å². The smallest absolute Gasteiger partial charge is 0.191 e. The van der Waals surface area contributed by atoms with E-state index in [4.69, 9.17) is 10.5 Å². The molecule has 1 rings (SSSR count).